The van der Waals surface area contributed by atoms with Gasteiger partial charge in [0.1, 0.15) is 5.54 Å². The zero-order valence-electron chi connectivity index (χ0n) is 11.9. The molecule has 5 nitrogen and oxygen atoms in total. The third-order valence-electron chi connectivity index (χ3n) is 4.33. The molecule has 1 aliphatic carbocycles. The molecule has 0 radical (unpaired) electrons. The van der Waals surface area contributed by atoms with Crippen molar-refractivity contribution in [2.24, 2.45) is 0 Å². The number of carbonyl (C=O) groups is 2. The van der Waals surface area contributed by atoms with Crippen LogP contribution >= 0.6 is 0 Å². The van der Waals surface area contributed by atoms with Gasteiger partial charge in [0, 0.05) is 0 Å². The normalized spacial score (nSPS) is 30.6. The first-order valence-corrected chi connectivity index (χ1v) is 7.27. The highest BCUT2D eigenvalue weighted by molar-refractivity contribution is 6.06. The van der Waals surface area contributed by atoms with E-state index in [-0.39, 0.29) is 18.5 Å². The summed E-state index contributed by atoms with van der Waals surface area (Å²) in [5, 5.41) is 13.3. The minimum atomic E-state index is -0.886. The largest absolute Gasteiger partial charge is 0.388 e. The molecule has 0 spiro atoms. The smallest absolute Gasteiger partial charge is 0.325 e. The maximum atomic E-state index is 12.4. The molecule has 1 unspecified atom stereocenters. The maximum absolute atomic E-state index is 12.4. The van der Waals surface area contributed by atoms with E-state index >= 15 is 0 Å². The zero-order valence-corrected chi connectivity index (χ0v) is 11.9. The van der Waals surface area contributed by atoms with Crippen molar-refractivity contribution in [3.05, 3.63) is 0 Å². The molecule has 5 heteroatoms. The molecule has 2 N–H and O–H groups in total. The molecule has 1 saturated carbocycles. The van der Waals surface area contributed by atoms with Crippen LogP contribution in [0.2, 0.25) is 0 Å². The summed E-state index contributed by atoms with van der Waals surface area (Å²) in [6.07, 6.45) is 5.87. The second-order valence-electron chi connectivity index (χ2n) is 6.19. The summed E-state index contributed by atoms with van der Waals surface area (Å²) in [5.41, 5.74) is -1.68. The van der Waals surface area contributed by atoms with Gasteiger partial charge in [-0.1, -0.05) is 32.6 Å². The van der Waals surface area contributed by atoms with Crippen LogP contribution < -0.4 is 5.32 Å². The van der Waals surface area contributed by atoms with Crippen molar-refractivity contribution in [1.29, 1.82) is 0 Å². The third kappa shape index (κ3) is 2.76. The molecule has 1 aliphatic heterocycles. The summed E-state index contributed by atoms with van der Waals surface area (Å²) in [6.45, 7) is 3.89. The lowest BCUT2D eigenvalue weighted by Crippen LogP contribution is -2.48. The molecule has 1 atom stereocenters. The van der Waals surface area contributed by atoms with Gasteiger partial charge in [0.05, 0.1) is 12.1 Å². The predicted molar refractivity (Wildman–Crippen MR) is 71.6 cm³/mol. The number of amides is 3. The number of carbonyl (C=O) groups excluding carboxylic acids is 2. The van der Waals surface area contributed by atoms with Crippen molar-refractivity contribution in [1.82, 2.24) is 10.2 Å². The van der Waals surface area contributed by atoms with Gasteiger partial charge in [-0.2, -0.15) is 0 Å². The highest BCUT2D eigenvalue weighted by Gasteiger charge is 2.49. The first kappa shape index (κ1) is 14.3. The number of hydrogen-bond acceptors (Lipinski definition) is 3. The second-order valence-corrected chi connectivity index (χ2v) is 6.19. The molecule has 1 saturated heterocycles. The number of aliphatic hydroxyl groups is 1. The molecule has 3 amide bonds. The Kier molecular flexibility index (Phi) is 3.85. The molecule has 0 aromatic rings. The highest BCUT2D eigenvalue weighted by atomic mass is 16.3. The van der Waals surface area contributed by atoms with Gasteiger partial charge in [-0.15, -0.1) is 0 Å². The Morgan fingerprint density at radius 2 is 1.89 bits per heavy atom. The molecular weight excluding hydrogens is 244 g/mol. The van der Waals surface area contributed by atoms with E-state index in [1.165, 1.54) is 4.90 Å². The van der Waals surface area contributed by atoms with Crippen LogP contribution in [0.25, 0.3) is 0 Å². The number of rotatable bonds is 4. The third-order valence-corrected chi connectivity index (χ3v) is 4.33. The van der Waals surface area contributed by atoms with Crippen LogP contribution in [0.3, 0.4) is 0 Å². The number of imide groups is 1. The van der Waals surface area contributed by atoms with E-state index in [1.54, 1.807) is 6.92 Å². The Bertz CT molecular complexity index is 377. The van der Waals surface area contributed by atoms with Crippen LogP contribution in [0.1, 0.15) is 58.8 Å². The Morgan fingerprint density at radius 1 is 1.26 bits per heavy atom. The number of hydrogen-bond donors (Lipinski definition) is 2. The monoisotopic (exact) mass is 268 g/mol. The van der Waals surface area contributed by atoms with Gasteiger partial charge in [-0.25, -0.2) is 4.79 Å². The van der Waals surface area contributed by atoms with Crippen molar-refractivity contribution < 1.29 is 14.7 Å². The van der Waals surface area contributed by atoms with Crippen molar-refractivity contribution in [3.8, 4) is 0 Å². The number of urea groups is 1. The summed E-state index contributed by atoms with van der Waals surface area (Å²) < 4.78 is 0. The quantitative estimate of drug-likeness (QED) is 0.764. The first-order valence-electron chi connectivity index (χ1n) is 7.27. The maximum Gasteiger partial charge on any atom is 0.325 e. The van der Waals surface area contributed by atoms with Gasteiger partial charge in [0.15, 0.2) is 0 Å². The lowest BCUT2D eigenvalue weighted by Gasteiger charge is -2.34. The number of nitrogens with one attached hydrogen (secondary N) is 1. The van der Waals surface area contributed by atoms with Crippen LogP contribution in [0.5, 0.6) is 0 Å². The Morgan fingerprint density at radius 3 is 2.47 bits per heavy atom. The van der Waals surface area contributed by atoms with Gasteiger partial charge in [0.25, 0.3) is 5.91 Å². The van der Waals surface area contributed by atoms with E-state index in [9.17, 15) is 14.7 Å². The Balaban J connectivity index is 2.08. The SMILES string of the molecule is CCCC1(C)NC(=O)N(CC2(O)CCCCC2)C1=O. The Labute approximate surface area is 114 Å². The lowest BCUT2D eigenvalue weighted by molar-refractivity contribution is -0.134. The van der Waals surface area contributed by atoms with Gasteiger partial charge in [0.2, 0.25) is 0 Å². The topological polar surface area (TPSA) is 69.6 Å². The molecular formula is C14H24N2O3. The van der Waals surface area contributed by atoms with Crippen molar-refractivity contribution >= 4 is 11.9 Å². The van der Waals surface area contributed by atoms with Crippen LogP contribution in [0.4, 0.5) is 4.79 Å². The molecule has 19 heavy (non-hydrogen) atoms. The Hall–Kier alpha value is -1.10. The van der Waals surface area contributed by atoms with Gasteiger partial charge in [-0.3, -0.25) is 9.69 Å². The van der Waals surface area contributed by atoms with Gasteiger partial charge < -0.3 is 10.4 Å². The predicted octanol–water partition coefficient (Wildman–Crippen LogP) is 1.79. The second kappa shape index (κ2) is 5.12. The van der Waals surface area contributed by atoms with Crippen LogP contribution in [-0.4, -0.2) is 39.6 Å². The van der Waals surface area contributed by atoms with Crippen molar-refractivity contribution in [2.75, 3.05) is 6.54 Å². The first-order chi connectivity index (χ1) is 8.90. The molecule has 2 aliphatic rings. The van der Waals surface area contributed by atoms with E-state index in [0.717, 1.165) is 25.7 Å². The molecule has 2 rings (SSSR count). The fraction of sp³-hybridized carbons (Fsp3) is 0.857. The van der Waals surface area contributed by atoms with E-state index in [2.05, 4.69) is 5.32 Å². The van der Waals surface area contributed by atoms with Crippen LogP contribution in [0, 0.1) is 0 Å². The molecule has 0 aromatic carbocycles. The summed E-state index contributed by atoms with van der Waals surface area (Å²) in [5.74, 6) is -0.196. The molecule has 108 valence electrons. The lowest BCUT2D eigenvalue weighted by atomic mass is 9.84. The fourth-order valence-corrected chi connectivity index (χ4v) is 3.22. The zero-order chi connectivity index (χ0) is 14.1. The van der Waals surface area contributed by atoms with Crippen molar-refractivity contribution in [2.45, 2.75) is 69.9 Å². The number of nitrogens with zero attached hydrogens (tertiary/aromatic N) is 1. The van der Waals surface area contributed by atoms with Crippen LogP contribution in [0.15, 0.2) is 0 Å². The van der Waals surface area contributed by atoms with E-state index in [0.29, 0.717) is 19.3 Å². The molecule has 1 heterocycles. The molecule has 2 fully saturated rings. The van der Waals surface area contributed by atoms with E-state index < -0.39 is 11.1 Å². The minimum absolute atomic E-state index is 0.136. The highest BCUT2D eigenvalue weighted by Crippen LogP contribution is 2.31. The van der Waals surface area contributed by atoms with Gasteiger partial charge >= 0.3 is 6.03 Å². The standard InChI is InChI=1S/C14H24N2O3/c1-3-7-13(2)11(17)16(12(18)15-13)10-14(19)8-5-4-6-9-14/h19H,3-10H2,1-2H3,(H,15,18). The fourth-order valence-electron chi connectivity index (χ4n) is 3.22. The van der Waals surface area contributed by atoms with Gasteiger partial charge in [-0.05, 0) is 26.2 Å². The van der Waals surface area contributed by atoms with E-state index in [4.69, 9.17) is 0 Å². The summed E-state index contributed by atoms with van der Waals surface area (Å²) >= 11 is 0. The molecule has 0 bridgehead atoms. The average molecular weight is 268 g/mol. The van der Waals surface area contributed by atoms with E-state index in [1.807, 2.05) is 6.92 Å². The summed E-state index contributed by atoms with van der Waals surface area (Å²) in [6, 6.07) is -0.361. The average Bonchev–Trinajstić information content (AvgIpc) is 2.54. The molecule has 0 aromatic heterocycles. The summed E-state index contributed by atoms with van der Waals surface area (Å²) in [4.78, 5) is 25.6. The summed E-state index contributed by atoms with van der Waals surface area (Å²) in [7, 11) is 0. The van der Waals surface area contributed by atoms with Crippen molar-refractivity contribution in [3.63, 3.8) is 0 Å². The minimum Gasteiger partial charge on any atom is -0.388 e. The van der Waals surface area contributed by atoms with Crippen LogP contribution in [-0.2, 0) is 4.79 Å². The number of β-amino-alcohol motifs (C(OH)–C–C–N with tert-alkyl or cyclic N) is 1.